The van der Waals surface area contributed by atoms with Gasteiger partial charge in [-0.2, -0.15) is 13.2 Å². The molecule has 21 heavy (non-hydrogen) atoms. The molecular weight excluding hydrogens is 303 g/mol. The SMILES string of the molecule is FC(F)(F)c1cccc(Nc2cc(Cl)nc(C3CC3)n2)c1. The summed E-state index contributed by atoms with van der Waals surface area (Å²) in [5.41, 5.74) is -0.406. The highest BCUT2D eigenvalue weighted by atomic mass is 35.5. The van der Waals surface area contributed by atoms with E-state index in [2.05, 4.69) is 15.3 Å². The second-order valence-electron chi connectivity index (χ2n) is 4.91. The van der Waals surface area contributed by atoms with Crippen LogP contribution in [0.3, 0.4) is 0 Å². The van der Waals surface area contributed by atoms with Gasteiger partial charge in [0, 0.05) is 17.7 Å². The van der Waals surface area contributed by atoms with Crippen LogP contribution in [0.5, 0.6) is 0 Å². The van der Waals surface area contributed by atoms with E-state index in [-0.39, 0.29) is 5.15 Å². The standard InChI is InChI=1S/C14H11ClF3N3/c15-11-7-12(21-13(20-11)8-4-5-8)19-10-3-1-2-9(6-10)14(16,17)18/h1-3,6-8H,4-5H2,(H,19,20,21). The molecule has 3 rings (SSSR count). The number of halogens is 4. The summed E-state index contributed by atoms with van der Waals surface area (Å²) in [6.45, 7) is 0. The first-order chi connectivity index (χ1) is 9.91. The Bertz CT molecular complexity index is 669. The molecule has 1 fully saturated rings. The predicted molar refractivity (Wildman–Crippen MR) is 73.7 cm³/mol. The van der Waals surface area contributed by atoms with Gasteiger partial charge in [-0.05, 0) is 31.0 Å². The largest absolute Gasteiger partial charge is 0.416 e. The van der Waals surface area contributed by atoms with Crippen LogP contribution in [-0.2, 0) is 6.18 Å². The molecule has 0 unspecified atom stereocenters. The Labute approximate surface area is 124 Å². The number of hydrogen-bond acceptors (Lipinski definition) is 3. The van der Waals surface area contributed by atoms with E-state index >= 15 is 0 Å². The Morgan fingerprint density at radius 3 is 2.57 bits per heavy atom. The summed E-state index contributed by atoms with van der Waals surface area (Å²) in [6.07, 6.45) is -2.34. The highest BCUT2D eigenvalue weighted by Crippen LogP contribution is 2.39. The number of nitrogens with one attached hydrogen (secondary N) is 1. The van der Waals surface area contributed by atoms with E-state index in [1.54, 1.807) is 6.07 Å². The molecule has 0 saturated heterocycles. The van der Waals surface area contributed by atoms with Gasteiger partial charge in [0.05, 0.1) is 5.56 Å². The van der Waals surface area contributed by atoms with E-state index in [1.165, 1.54) is 12.1 Å². The normalized spacial score (nSPS) is 15.0. The first kappa shape index (κ1) is 14.1. The third kappa shape index (κ3) is 3.44. The van der Waals surface area contributed by atoms with Gasteiger partial charge >= 0.3 is 6.18 Å². The van der Waals surface area contributed by atoms with E-state index in [0.29, 0.717) is 23.2 Å². The van der Waals surface area contributed by atoms with Crippen LogP contribution in [0.1, 0.15) is 30.1 Å². The summed E-state index contributed by atoms with van der Waals surface area (Å²) in [7, 11) is 0. The van der Waals surface area contributed by atoms with Gasteiger partial charge in [0.2, 0.25) is 0 Å². The molecule has 1 saturated carbocycles. The van der Waals surface area contributed by atoms with Crippen molar-refractivity contribution in [2.75, 3.05) is 5.32 Å². The van der Waals surface area contributed by atoms with E-state index in [9.17, 15) is 13.2 Å². The van der Waals surface area contributed by atoms with E-state index < -0.39 is 11.7 Å². The zero-order valence-corrected chi connectivity index (χ0v) is 11.5. The second-order valence-corrected chi connectivity index (χ2v) is 5.30. The fourth-order valence-electron chi connectivity index (χ4n) is 1.94. The van der Waals surface area contributed by atoms with E-state index in [1.807, 2.05) is 0 Å². The van der Waals surface area contributed by atoms with Crippen molar-refractivity contribution in [3.05, 3.63) is 46.9 Å². The molecule has 1 aromatic heterocycles. The van der Waals surface area contributed by atoms with Crippen LogP contribution in [-0.4, -0.2) is 9.97 Å². The fourth-order valence-corrected chi connectivity index (χ4v) is 2.13. The fraction of sp³-hybridized carbons (Fsp3) is 0.286. The van der Waals surface area contributed by atoms with E-state index in [0.717, 1.165) is 25.0 Å². The number of alkyl halides is 3. The summed E-state index contributed by atoms with van der Waals surface area (Å²) in [4.78, 5) is 8.42. The lowest BCUT2D eigenvalue weighted by atomic mass is 10.2. The smallest absolute Gasteiger partial charge is 0.340 e. The average molecular weight is 314 g/mol. The Kier molecular flexibility index (Phi) is 3.49. The summed E-state index contributed by atoms with van der Waals surface area (Å²) >= 11 is 5.92. The molecule has 1 aromatic carbocycles. The van der Waals surface area contributed by atoms with Crippen molar-refractivity contribution in [3.8, 4) is 0 Å². The van der Waals surface area contributed by atoms with Gasteiger partial charge in [-0.25, -0.2) is 9.97 Å². The van der Waals surface area contributed by atoms with Crippen molar-refractivity contribution in [2.24, 2.45) is 0 Å². The van der Waals surface area contributed by atoms with Crippen molar-refractivity contribution in [1.29, 1.82) is 0 Å². The van der Waals surface area contributed by atoms with Crippen LogP contribution in [0.2, 0.25) is 5.15 Å². The van der Waals surface area contributed by atoms with Crippen LogP contribution >= 0.6 is 11.6 Å². The van der Waals surface area contributed by atoms with Crippen molar-refractivity contribution in [1.82, 2.24) is 9.97 Å². The molecule has 2 aromatic rings. The summed E-state index contributed by atoms with van der Waals surface area (Å²) in [5, 5.41) is 3.12. The van der Waals surface area contributed by atoms with Crippen LogP contribution in [0, 0.1) is 0 Å². The minimum Gasteiger partial charge on any atom is -0.340 e. The number of anilines is 2. The highest BCUT2D eigenvalue weighted by Gasteiger charge is 2.30. The summed E-state index contributed by atoms with van der Waals surface area (Å²) in [6, 6.07) is 6.44. The topological polar surface area (TPSA) is 37.8 Å². The zero-order chi connectivity index (χ0) is 15.0. The Hall–Kier alpha value is -1.82. The number of aromatic nitrogens is 2. The number of rotatable bonds is 3. The maximum atomic E-state index is 12.7. The quantitative estimate of drug-likeness (QED) is 0.829. The van der Waals surface area contributed by atoms with Crippen molar-refractivity contribution >= 4 is 23.1 Å². The number of hydrogen-bond donors (Lipinski definition) is 1. The lowest BCUT2D eigenvalue weighted by Gasteiger charge is -2.11. The van der Waals surface area contributed by atoms with Crippen LogP contribution in [0.25, 0.3) is 0 Å². The third-order valence-corrected chi connectivity index (χ3v) is 3.31. The van der Waals surface area contributed by atoms with E-state index in [4.69, 9.17) is 11.6 Å². The molecule has 0 bridgehead atoms. The molecule has 0 spiro atoms. The first-order valence-corrected chi connectivity index (χ1v) is 6.78. The third-order valence-electron chi connectivity index (χ3n) is 3.12. The van der Waals surface area contributed by atoms with Gasteiger partial charge < -0.3 is 5.32 Å². The Balaban J connectivity index is 1.86. The van der Waals surface area contributed by atoms with Gasteiger partial charge in [-0.15, -0.1) is 0 Å². The zero-order valence-electron chi connectivity index (χ0n) is 10.8. The monoisotopic (exact) mass is 313 g/mol. The Morgan fingerprint density at radius 2 is 1.90 bits per heavy atom. The molecular formula is C14H11ClF3N3. The van der Waals surface area contributed by atoms with Crippen molar-refractivity contribution in [3.63, 3.8) is 0 Å². The van der Waals surface area contributed by atoms with Gasteiger partial charge in [-0.3, -0.25) is 0 Å². The van der Waals surface area contributed by atoms with Gasteiger partial charge in [0.15, 0.2) is 0 Å². The molecule has 1 heterocycles. The average Bonchev–Trinajstić information content (AvgIpc) is 3.21. The maximum Gasteiger partial charge on any atom is 0.416 e. The van der Waals surface area contributed by atoms with Gasteiger partial charge in [0.25, 0.3) is 0 Å². The molecule has 0 amide bonds. The van der Waals surface area contributed by atoms with Crippen LogP contribution in [0.15, 0.2) is 30.3 Å². The van der Waals surface area contributed by atoms with Crippen molar-refractivity contribution < 1.29 is 13.2 Å². The lowest BCUT2D eigenvalue weighted by Crippen LogP contribution is -2.05. The molecule has 0 atom stereocenters. The minimum absolute atomic E-state index is 0.279. The van der Waals surface area contributed by atoms with Crippen molar-refractivity contribution in [2.45, 2.75) is 24.9 Å². The van der Waals surface area contributed by atoms with Crippen LogP contribution < -0.4 is 5.32 Å². The number of nitrogens with zero attached hydrogens (tertiary/aromatic N) is 2. The second kappa shape index (κ2) is 5.18. The number of benzene rings is 1. The van der Waals surface area contributed by atoms with Crippen LogP contribution in [0.4, 0.5) is 24.7 Å². The molecule has 0 aliphatic heterocycles. The summed E-state index contributed by atoms with van der Waals surface area (Å²) in [5.74, 6) is 1.35. The molecule has 7 heteroatoms. The molecule has 3 nitrogen and oxygen atoms in total. The maximum absolute atomic E-state index is 12.7. The minimum atomic E-state index is -4.37. The molecule has 1 N–H and O–H groups in total. The molecule has 110 valence electrons. The van der Waals surface area contributed by atoms with Gasteiger partial charge in [-0.1, -0.05) is 17.7 Å². The van der Waals surface area contributed by atoms with Gasteiger partial charge in [0.1, 0.15) is 16.8 Å². The highest BCUT2D eigenvalue weighted by molar-refractivity contribution is 6.29. The Morgan fingerprint density at radius 1 is 1.14 bits per heavy atom. The molecule has 1 aliphatic rings. The molecule has 1 aliphatic carbocycles. The predicted octanol–water partition coefficient (Wildman–Crippen LogP) is 4.77. The molecule has 0 radical (unpaired) electrons. The summed E-state index contributed by atoms with van der Waals surface area (Å²) < 4.78 is 38.0. The first-order valence-electron chi connectivity index (χ1n) is 6.40. The lowest BCUT2D eigenvalue weighted by molar-refractivity contribution is -0.137.